The molecule has 1 aromatic heterocycles. The van der Waals surface area contributed by atoms with Crippen LogP contribution < -0.4 is 26.2 Å². The first kappa shape index (κ1) is 23.1. The Labute approximate surface area is 195 Å². The first-order valence-electron chi connectivity index (χ1n) is 9.02. The Morgan fingerprint density at radius 3 is 2.38 bits per heavy atom. The Morgan fingerprint density at radius 1 is 1.06 bits per heavy atom. The van der Waals surface area contributed by atoms with E-state index < -0.39 is 17.8 Å². The summed E-state index contributed by atoms with van der Waals surface area (Å²) in [7, 11) is 0. The van der Waals surface area contributed by atoms with E-state index in [1.54, 1.807) is 30.3 Å². The smallest absolute Gasteiger partial charge is 0.347 e. The zero-order valence-corrected chi connectivity index (χ0v) is 18.6. The normalized spacial score (nSPS) is 10.2. The van der Waals surface area contributed by atoms with Gasteiger partial charge in [-0.3, -0.25) is 15.0 Å². The molecule has 4 N–H and O–H groups in total. The van der Waals surface area contributed by atoms with Crippen molar-refractivity contribution in [2.24, 2.45) is 5.73 Å². The first-order valence-corrected chi connectivity index (χ1v) is 10.2. The van der Waals surface area contributed by atoms with Gasteiger partial charge in [-0.05, 0) is 46.3 Å². The van der Waals surface area contributed by atoms with E-state index in [1.807, 2.05) is 0 Å². The number of carbonyl (C=O) groups is 3. The second-order valence-electron chi connectivity index (χ2n) is 6.09. The van der Waals surface area contributed by atoms with Crippen LogP contribution in [-0.4, -0.2) is 34.4 Å². The van der Waals surface area contributed by atoms with Gasteiger partial charge >= 0.3 is 12.0 Å². The van der Waals surface area contributed by atoms with Gasteiger partial charge in [0.05, 0.1) is 21.7 Å². The Balaban J connectivity index is 1.90. The van der Waals surface area contributed by atoms with Crippen molar-refractivity contribution in [1.29, 1.82) is 0 Å². The molecule has 0 fully saturated rings. The van der Waals surface area contributed by atoms with E-state index >= 15 is 0 Å². The fourth-order valence-electron chi connectivity index (χ4n) is 2.43. The minimum Gasteiger partial charge on any atom is -0.423 e. The summed E-state index contributed by atoms with van der Waals surface area (Å²) >= 11 is 9.54. The summed E-state index contributed by atoms with van der Waals surface area (Å²) in [4.78, 5) is 46.0. The van der Waals surface area contributed by atoms with Gasteiger partial charge in [0.15, 0.2) is 0 Å². The number of nitrogens with zero attached hydrogens (tertiary/aromatic N) is 3. The lowest BCUT2D eigenvalue weighted by Crippen LogP contribution is -2.52. The van der Waals surface area contributed by atoms with Crippen LogP contribution in [0.4, 0.5) is 10.5 Å². The molecule has 164 valence electrons. The number of urea groups is 1. The summed E-state index contributed by atoms with van der Waals surface area (Å²) in [6.45, 7) is -0.344. The molecule has 32 heavy (non-hydrogen) atoms. The van der Waals surface area contributed by atoms with E-state index in [4.69, 9.17) is 22.1 Å². The van der Waals surface area contributed by atoms with Gasteiger partial charge in [0.25, 0.3) is 11.8 Å². The van der Waals surface area contributed by atoms with Gasteiger partial charge in [0.1, 0.15) is 5.75 Å². The molecule has 0 spiro atoms. The second-order valence-corrected chi connectivity index (χ2v) is 7.41. The fraction of sp³-hybridized carbons (Fsp3) is 0.0500. The van der Waals surface area contributed by atoms with Crippen molar-refractivity contribution in [3.8, 4) is 11.8 Å². The number of amides is 4. The lowest BCUT2D eigenvalue weighted by atomic mass is 10.2. The molecule has 0 saturated carbocycles. The van der Waals surface area contributed by atoms with Gasteiger partial charge in [0.2, 0.25) is 0 Å². The predicted octanol–water partition coefficient (Wildman–Crippen LogP) is 3.03. The lowest BCUT2D eigenvalue weighted by molar-refractivity contribution is -0.120. The standard InChI is InChI=1S/C20H16BrClN6O4/c21-13-10-24-19(25-11-13)32-16-7-6-14(8-15(16)22)28(20(31)27-26-17(29)9-23)18(30)12-4-2-1-3-5-12/h1-8,10-11H,9,23H2,(H,26,29)(H,27,31). The maximum Gasteiger partial charge on any atom is 0.347 e. The van der Waals surface area contributed by atoms with Gasteiger partial charge in [0, 0.05) is 18.0 Å². The minimum absolute atomic E-state index is 0.0577. The zero-order chi connectivity index (χ0) is 23.1. The van der Waals surface area contributed by atoms with Crippen LogP contribution in [0.25, 0.3) is 0 Å². The van der Waals surface area contributed by atoms with Crippen LogP contribution >= 0.6 is 27.5 Å². The highest BCUT2D eigenvalue weighted by molar-refractivity contribution is 9.10. The minimum atomic E-state index is -0.915. The van der Waals surface area contributed by atoms with Crippen LogP contribution in [0.5, 0.6) is 11.8 Å². The molecular weight excluding hydrogens is 504 g/mol. The average Bonchev–Trinajstić information content (AvgIpc) is 2.81. The third-order valence-electron chi connectivity index (χ3n) is 3.89. The highest BCUT2D eigenvalue weighted by atomic mass is 79.9. The van der Waals surface area contributed by atoms with E-state index in [0.29, 0.717) is 4.47 Å². The molecule has 4 amide bonds. The van der Waals surface area contributed by atoms with Gasteiger partial charge < -0.3 is 10.5 Å². The van der Waals surface area contributed by atoms with Gasteiger partial charge in [-0.25, -0.2) is 25.1 Å². The number of hydrogen-bond donors (Lipinski definition) is 3. The number of nitrogens with one attached hydrogen (secondary N) is 2. The van der Waals surface area contributed by atoms with Crippen molar-refractivity contribution in [3.05, 3.63) is 76.0 Å². The van der Waals surface area contributed by atoms with Crippen molar-refractivity contribution in [3.63, 3.8) is 0 Å². The Bertz CT molecular complexity index is 1130. The number of hydrogen-bond acceptors (Lipinski definition) is 7. The summed E-state index contributed by atoms with van der Waals surface area (Å²) in [5, 5.41) is 0.0960. The number of anilines is 1. The van der Waals surface area contributed by atoms with E-state index in [9.17, 15) is 14.4 Å². The van der Waals surface area contributed by atoms with Crippen LogP contribution in [0.1, 0.15) is 10.4 Å². The maximum absolute atomic E-state index is 13.0. The van der Waals surface area contributed by atoms with Crippen LogP contribution in [0.15, 0.2) is 65.4 Å². The molecule has 12 heteroatoms. The van der Waals surface area contributed by atoms with Gasteiger partial charge in [-0.15, -0.1) is 0 Å². The number of halogens is 2. The molecule has 0 saturated heterocycles. The van der Waals surface area contributed by atoms with Crippen molar-refractivity contribution in [2.45, 2.75) is 0 Å². The number of benzene rings is 2. The maximum atomic E-state index is 13.0. The van der Waals surface area contributed by atoms with Crippen LogP contribution in [-0.2, 0) is 4.79 Å². The molecule has 0 aliphatic heterocycles. The summed E-state index contributed by atoms with van der Waals surface area (Å²) in [5.41, 5.74) is 9.86. The number of imide groups is 1. The molecule has 0 atom stereocenters. The number of ether oxygens (including phenoxy) is 1. The highest BCUT2D eigenvalue weighted by Gasteiger charge is 2.26. The van der Waals surface area contributed by atoms with E-state index in [0.717, 1.165) is 4.90 Å². The third kappa shape index (κ3) is 5.78. The summed E-state index contributed by atoms with van der Waals surface area (Å²) in [6.07, 6.45) is 3.01. The summed E-state index contributed by atoms with van der Waals surface area (Å²) in [6, 6.07) is 11.5. The molecule has 0 radical (unpaired) electrons. The number of nitrogens with two attached hydrogens (primary N) is 1. The van der Waals surface area contributed by atoms with Crippen molar-refractivity contribution < 1.29 is 19.1 Å². The number of rotatable bonds is 5. The van der Waals surface area contributed by atoms with Crippen LogP contribution in [0.3, 0.4) is 0 Å². The van der Waals surface area contributed by atoms with E-state index in [2.05, 4.69) is 36.7 Å². The number of carbonyl (C=O) groups excluding carboxylic acids is 3. The molecule has 10 nitrogen and oxygen atoms in total. The zero-order valence-electron chi connectivity index (χ0n) is 16.3. The lowest BCUT2D eigenvalue weighted by Gasteiger charge is -2.22. The Hall–Kier alpha value is -3.54. The molecule has 0 aliphatic rings. The second kappa shape index (κ2) is 10.7. The van der Waals surface area contributed by atoms with Crippen molar-refractivity contribution >= 4 is 51.1 Å². The summed E-state index contributed by atoms with van der Waals surface area (Å²) < 4.78 is 6.22. The Morgan fingerprint density at radius 2 is 1.75 bits per heavy atom. The Kier molecular flexibility index (Phi) is 7.71. The molecule has 0 unspecified atom stereocenters. The number of aromatic nitrogens is 2. The van der Waals surface area contributed by atoms with Gasteiger partial charge in [-0.1, -0.05) is 29.8 Å². The van der Waals surface area contributed by atoms with Crippen LogP contribution in [0, 0.1) is 0 Å². The third-order valence-corrected chi connectivity index (χ3v) is 4.60. The van der Waals surface area contributed by atoms with Gasteiger partial charge in [-0.2, -0.15) is 0 Å². The molecule has 3 rings (SSSR count). The largest absolute Gasteiger partial charge is 0.423 e. The van der Waals surface area contributed by atoms with Crippen LogP contribution in [0.2, 0.25) is 5.02 Å². The predicted molar refractivity (Wildman–Crippen MR) is 120 cm³/mol. The van der Waals surface area contributed by atoms with E-state index in [1.165, 1.54) is 30.6 Å². The molecule has 1 heterocycles. The quantitative estimate of drug-likeness (QED) is 0.440. The molecule has 3 aromatic rings. The topological polar surface area (TPSA) is 140 Å². The number of hydrazine groups is 1. The molecule has 0 aliphatic carbocycles. The first-order chi connectivity index (χ1) is 15.4. The monoisotopic (exact) mass is 518 g/mol. The SMILES string of the molecule is NCC(=O)NNC(=O)N(C(=O)c1ccccc1)c1ccc(Oc2ncc(Br)cn2)c(Cl)c1. The molecule has 0 bridgehead atoms. The summed E-state index contributed by atoms with van der Waals surface area (Å²) in [5.74, 6) is -1.07. The van der Waals surface area contributed by atoms with Crippen molar-refractivity contribution in [1.82, 2.24) is 20.8 Å². The highest BCUT2D eigenvalue weighted by Crippen LogP contribution is 2.32. The average molecular weight is 520 g/mol. The van der Waals surface area contributed by atoms with Crippen molar-refractivity contribution in [2.75, 3.05) is 11.4 Å². The fourth-order valence-corrected chi connectivity index (χ4v) is 2.85. The molecule has 2 aromatic carbocycles. The van der Waals surface area contributed by atoms with E-state index in [-0.39, 0.29) is 34.6 Å². The molecular formula is C20H16BrClN6O4.